The molecule has 0 unspecified atom stereocenters. The van der Waals surface area contributed by atoms with Crippen molar-refractivity contribution in [2.24, 2.45) is 0 Å². The lowest BCUT2D eigenvalue weighted by Gasteiger charge is -2.15. The number of carboxylic acids is 2. The molecule has 0 heterocycles. The second-order valence-electron chi connectivity index (χ2n) is 5.96. The van der Waals surface area contributed by atoms with Crippen LogP contribution in [0.4, 0.5) is 5.69 Å². The van der Waals surface area contributed by atoms with Crippen LogP contribution in [0.3, 0.4) is 0 Å². The summed E-state index contributed by atoms with van der Waals surface area (Å²) in [6, 6.07) is 7.47. The SMILES string of the molecule is CCOc1c(C)ccc(-c2ccc(C(C(=O)O)C(=O)O)c([N+](=O)[O-])c2)c1C. The average Bonchev–Trinajstić information content (AvgIpc) is 2.58. The summed E-state index contributed by atoms with van der Waals surface area (Å²) in [7, 11) is 0. The summed E-state index contributed by atoms with van der Waals surface area (Å²) in [5.41, 5.74) is 1.92. The first kappa shape index (κ1) is 19.9. The van der Waals surface area contributed by atoms with Crippen molar-refractivity contribution >= 4 is 17.6 Å². The van der Waals surface area contributed by atoms with Crippen LogP contribution in [-0.4, -0.2) is 33.7 Å². The lowest BCUT2D eigenvalue weighted by molar-refractivity contribution is -0.385. The van der Waals surface area contributed by atoms with Crippen LogP contribution in [0.25, 0.3) is 11.1 Å². The van der Waals surface area contributed by atoms with E-state index in [0.29, 0.717) is 23.5 Å². The van der Waals surface area contributed by atoms with Crippen LogP contribution in [0.15, 0.2) is 30.3 Å². The van der Waals surface area contributed by atoms with Crippen molar-refractivity contribution in [3.05, 3.63) is 57.1 Å². The van der Waals surface area contributed by atoms with Gasteiger partial charge in [0.2, 0.25) is 0 Å². The van der Waals surface area contributed by atoms with Gasteiger partial charge < -0.3 is 14.9 Å². The van der Waals surface area contributed by atoms with Crippen LogP contribution < -0.4 is 4.74 Å². The topological polar surface area (TPSA) is 127 Å². The zero-order chi connectivity index (χ0) is 20.3. The second kappa shape index (κ2) is 7.86. The highest BCUT2D eigenvalue weighted by molar-refractivity contribution is 6.00. The first-order chi connectivity index (χ1) is 12.7. The molecule has 142 valence electrons. The minimum Gasteiger partial charge on any atom is -0.493 e. The predicted octanol–water partition coefficient (Wildman–Crippen LogP) is 3.53. The molecule has 0 aliphatic rings. The number of hydrogen-bond donors (Lipinski definition) is 2. The molecule has 0 aliphatic heterocycles. The number of aryl methyl sites for hydroxylation is 1. The Morgan fingerprint density at radius 3 is 2.30 bits per heavy atom. The van der Waals surface area contributed by atoms with Crippen LogP contribution >= 0.6 is 0 Å². The Labute approximate surface area is 155 Å². The third kappa shape index (κ3) is 3.89. The number of rotatable bonds is 7. The number of carboxylic acid groups (broad SMARTS) is 2. The molecule has 0 aliphatic carbocycles. The maximum atomic E-state index is 11.5. The molecule has 0 aromatic heterocycles. The van der Waals surface area contributed by atoms with Crippen molar-refractivity contribution in [2.45, 2.75) is 26.7 Å². The summed E-state index contributed by atoms with van der Waals surface area (Å²) in [6.07, 6.45) is 0. The second-order valence-corrected chi connectivity index (χ2v) is 5.96. The fourth-order valence-corrected chi connectivity index (χ4v) is 2.99. The molecule has 0 atom stereocenters. The fourth-order valence-electron chi connectivity index (χ4n) is 2.99. The molecule has 0 radical (unpaired) electrons. The van der Waals surface area contributed by atoms with E-state index in [2.05, 4.69) is 0 Å². The van der Waals surface area contributed by atoms with Gasteiger partial charge in [-0.2, -0.15) is 0 Å². The minimum atomic E-state index is -2.02. The van der Waals surface area contributed by atoms with E-state index in [1.807, 2.05) is 26.8 Å². The molecule has 2 aromatic carbocycles. The third-order valence-electron chi connectivity index (χ3n) is 4.23. The molecule has 27 heavy (non-hydrogen) atoms. The van der Waals surface area contributed by atoms with Crippen molar-refractivity contribution in [1.29, 1.82) is 0 Å². The van der Waals surface area contributed by atoms with Gasteiger partial charge in [-0.05, 0) is 43.0 Å². The molecule has 2 N–H and O–H groups in total. The van der Waals surface area contributed by atoms with E-state index in [-0.39, 0.29) is 5.56 Å². The number of nitro benzene ring substituents is 1. The molecule has 2 aromatic rings. The van der Waals surface area contributed by atoms with Crippen molar-refractivity contribution < 1.29 is 29.5 Å². The molecule has 0 fully saturated rings. The number of ether oxygens (including phenoxy) is 1. The average molecular weight is 373 g/mol. The highest BCUT2D eigenvalue weighted by Gasteiger charge is 2.34. The van der Waals surface area contributed by atoms with Crippen molar-refractivity contribution in [3.63, 3.8) is 0 Å². The number of benzene rings is 2. The zero-order valence-electron chi connectivity index (χ0n) is 15.1. The van der Waals surface area contributed by atoms with Gasteiger partial charge in [-0.25, -0.2) is 0 Å². The molecule has 2 rings (SSSR count). The molecule has 0 saturated heterocycles. The van der Waals surface area contributed by atoms with E-state index in [4.69, 9.17) is 14.9 Å². The van der Waals surface area contributed by atoms with E-state index in [9.17, 15) is 19.7 Å². The van der Waals surface area contributed by atoms with Gasteiger partial charge in [0.05, 0.1) is 17.1 Å². The highest BCUT2D eigenvalue weighted by atomic mass is 16.6. The number of carbonyl (C=O) groups is 2. The summed E-state index contributed by atoms with van der Waals surface area (Å²) in [6.45, 7) is 6.02. The van der Waals surface area contributed by atoms with Crippen molar-refractivity contribution in [1.82, 2.24) is 0 Å². The van der Waals surface area contributed by atoms with Crippen LogP contribution in [0.1, 0.15) is 29.5 Å². The molecule has 8 nitrogen and oxygen atoms in total. The van der Waals surface area contributed by atoms with Gasteiger partial charge in [0.15, 0.2) is 5.92 Å². The minimum absolute atomic E-state index is 0.376. The van der Waals surface area contributed by atoms with Crippen LogP contribution in [0, 0.1) is 24.0 Å². The van der Waals surface area contributed by atoms with E-state index in [1.54, 1.807) is 6.07 Å². The van der Waals surface area contributed by atoms with Crippen molar-refractivity contribution in [2.75, 3.05) is 6.61 Å². The Hall–Kier alpha value is -3.42. The first-order valence-corrected chi connectivity index (χ1v) is 8.16. The molecular formula is C19H19NO7. The Morgan fingerprint density at radius 1 is 1.15 bits per heavy atom. The summed E-state index contributed by atoms with van der Waals surface area (Å²) < 4.78 is 5.64. The quantitative estimate of drug-likeness (QED) is 0.432. The Kier molecular flexibility index (Phi) is 5.79. The molecule has 0 saturated carbocycles. The predicted molar refractivity (Wildman–Crippen MR) is 97.2 cm³/mol. The number of hydrogen-bond acceptors (Lipinski definition) is 5. The summed E-state index contributed by atoms with van der Waals surface area (Å²) >= 11 is 0. The third-order valence-corrected chi connectivity index (χ3v) is 4.23. The largest absolute Gasteiger partial charge is 0.493 e. The molecular weight excluding hydrogens is 354 g/mol. The zero-order valence-corrected chi connectivity index (χ0v) is 15.1. The number of aliphatic carboxylic acids is 2. The normalized spacial score (nSPS) is 10.7. The van der Waals surface area contributed by atoms with Gasteiger partial charge >= 0.3 is 11.9 Å². The first-order valence-electron chi connectivity index (χ1n) is 8.16. The number of nitrogens with zero attached hydrogens (tertiary/aromatic N) is 1. The molecule has 0 bridgehead atoms. The van der Waals surface area contributed by atoms with Gasteiger partial charge in [-0.15, -0.1) is 0 Å². The van der Waals surface area contributed by atoms with Gasteiger partial charge in [-0.3, -0.25) is 19.7 Å². The standard InChI is InChI=1S/C19H19NO7/c1-4-27-17-10(2)5-7-13(11(17)3)12-6-8-14(15(9-12)20(25)26)16(18(21)22)19(23)24/h5-9,16H,4H2,1-3H3,(H,21,22)(H,23,24). The summed E-state index contributed by atoms with van der Waals surface area (Å²) in [4.78, 5) is 33.2. The summed E-state index contributed by atoms with van der Waals surface area (Å²) in [5.74, 6) is -4.67. The lowest BCUT2D eigenvalue weighted by Crippen LogP contribution is -2.22. The Morgan fingerprint density at radius 2 is 1.78 bits per heavy atom. The summed E-state index contributed by atoms with van der Waals surface area (Å²) in [5, 5.41) is 29.7. The molecule has 0 spiro atoms. The highest BCUT2D eigenvalue weighted by Crippen LogP contribution is 2.37. The van der Waals surface area contributed by atoms with Crippen LogP contribution in [-0.2, 0) is 9.59 Å². The van der Waals surface area contributed by atoms with Gasteiger partial charge in [-0.1, -0.05) is 24.3 Å². The fraction of sp³-hybridized carbons (Fsp3) is 0.263. The van der Waals surface area contributed by atoms with Crippen molar-refractivity contribution in [3.8, 4) is 16.9 Å². The van der Waals surface area contributed by atoms with E-state index >= 15 is 0 Å². The van der Waals surface area contributed by atoms with E-state index in [0.717, 1.165) is 11.1 Å². The lowest BCUT2D eigenvalue weighted by atomic mass is 9.92. The molecule has 8 heteroatoms. The monoisotopic (exact) mass is 373 g/mol. The Balaban J connectivity index is 2.67. The molecule has 0 amide bonds. The van der Waals surface area contributed by atoms with Crippen LogP contribution in [0.5, 0.6) is 5.75 Å². The van der Waals surface area contributed by atoms with Gasteiger partial charge in [0, 0.05) is 6.07 Å². The smallest absolute Gasteiger partial charge is 0.322 e. The van der Waals surface area contributed by atoms with Gasteiger partial charge in [0.25, 0.3) is 5.69 Å². The van der Waals surface area contributed by atoms with Crippen LogP contribution in [0.2, 0.25) is 0 Å². The van der Waals surface area contributed by atoms with E-state index in [1.165, 1.54) is 18.2 Å². The number of nitro groups is 1. The maximum absolute atomic E-state index is 11.5. The maximum Gasteiger partial charge on any atom is 0.322 e. The van der Waals surface area contributed by atoms with E-state index < -0.39 is 28.5 Å². The van der Waals surface area contributed by atoms with Gasteiger partial charge in [0.1, 0.15) is 5.75 Å². The Bertz CT molecular complexity index is 907.